The minimum absolute atomic E-state index is 0.0360. The molecule has 0 amide bonds. The van der Waals surface area contributed by atoms with Crippen molar-refractivity contribution in [3.8, 4) is 0 Å². The summed E-state index contributed by atoms with van der Waals surface area (Å²) in [4.78, 5) is 0. The summed E-state index contributed by atoms with van der Waals surface area (Å²) < 4.78 is 49.9. The van der Waals surface area contributed by atoms with E-state index in [-0.39, 0.29) is 12.2 Å². The zero-order valence-corrected chi connectivity index (χ0v) is 22.7. The normalized spacial score (nSPS) is 19.7. The van der Waals surface area contributed by atoms with E-state index < -0.39 is 19.8 Å². The van der Waals surface area contributed by atoms with Crippen LogP contribution < -0.4 is 0 Å². The topological polar surface area (TPSA) is 77.1 Å². The molecule has 1 fully saturated rings. The van der Waals surface area contributed by atoms with Crippen LogP contribution in [0.4, 0.5) is 0 Å². The van der Waals surface area contributed by atoms with E-state index in [0.29, 0.717) is 59.1 Å². The van der Waals surface area contributed by atoms with Gasteiger partial charge < -0.3 is 37.0 Å². The van der Waals surface area contributed by atoms with Gasteiger partial charge in [-0.15, -0.1) is 0 Å². The molecule has 0 radical (unpaired) electrons. The fourth-order valence-corrected chi connectivity index (χ4v) is 7.76. The highest BCUT2D eigenvalue weighted by Crippen LogP contribution is 2.46. The summed E-state index contributed by atoms with van der Waals surface area (Å²) in [5, 5.41) is 0. The zero-order chi connectivity index (χ0) is 24.1. The van der Waals surface area contributed by atoms with Gasteiger partial charge >= 0.3 is 8.80 Å². The van der Waals surface area contributed by atoms with Crippen LogP contribution in [0.5, 0.6) is 0 Å². The lowest BCUT2D eigenvalue weighted by atomic mass is 9.91. The maximum Gasteiger partial charge on any atom is 0.567 e. The Morgan fingerprint density at radius 3 is 1.69 bits per heavy atom. The molecule has 0 saturated carbocycles. The molecular formula is C23H48O8Si. The van der Waals surface area contributed by atoms with Crippen LogP contribution in [0.3, 0.4) is 0 Å². The Kier molecular flexibility index (Phi) is 14.0. The van der Waals surface area contributed by atoms with Crippen molar-refractivity contribution >= 4 is 8.80 Å². The van der Waals surface area contributed by atoms with E-state index in [9.17, 15) is 0 Å². The van der Waals surface area contributed by atoms with Gasteiger partial charge in [0.1, 0.15) is 11.7 Å². The Morgan fingerprint density at radius 1 is 0.812 bits per heavy atom. The van der Waals surface area contributed by atoms with Gasteiger partial charge in [-0.2, -0.15) is 0 Å². The smallest absolute Gasteiger partial charge is 0.376 e. The van der Waals surface area contributed by atoms with Crippen LogP contribution in [-0.2, 0) is 37.0 Å². The van der Waals surface area contributed by atoms with E-state index in [4.69, 9.17) is 37.0 Å². The molecule has 0 aromatic heterocycles. The van der Waals surface area contributed by atoms with E-state index in [1.807, 2.05) is 41.5 Å². The molecule has 3 unspecified atom stereocenters. The predicted molar refractivity (Wildman–Crippen MR) is 126 cm³/mol. The van der Waals surface area contributed by atoms with Crippen LogP contribution in [0.1, 0.15) is 74.7 Å². The standard InChI is InChI=1S/C23H48O8Si/c1-9-22(26-10-2,17-16-20(8)24-18-21-19-25-21)23(27-11-3,28-12-4)32(29-13-5,30-14-6)31-15-7/h20-21H,9-19H2,1-8H3. The highest BCUT2D eigenvalue weighted by atomic mass is 28.4. The van der Waals surface area contributed by atoms with Crippen LogP contribution in [-0.4, -0.2) is 84.9 Å². The first-order valence-electron chi connectivity index (χ1n) is 12.5. The van der Waals surface area contributed by atoms with Gasteiger partial charge in [-0.05, 0) is 67.7 Å². The molecule has 0 aromatic rings. The summed E-state index contributed by atoms with van der Waals surface area (Å²) in [6.45, 7) is 19.8. The third kappa shape index (κ3) is 7.20. The van der Waals surface area contributed by atoms with Gasteiger partial charge in [-0.25, -0.2) is 0 Å². The van der Waals surface area contributed by atoms with Crippen LogP contribution in [0.2, 0.25) is 0 Å². The Balaban J connectivity index is 3.46. The van der Waals surface area contributed by atoms with Gasteiger partial charge in [0.25, 0.3) is 5.41 Å². The van der Waals surface area contributed by atoms with Gasteiger partial charge in [-0.1, -0.05) is 6.92 Å². The lowest BCUT2D eigenvalue weighted by molar-refractivity contribution is -0.316. The molecule has 0 bridgehead atoms. The maximum absolute atomic E-state index is 6.55. The third-order valence-corrected chi connectivity index (χ3v) is 9.17. The first-order valence-corrected chi connectivity index (χ1v) is 14.2. The number of rotatable bonds is 21. The fraction of sp³-hybridized carbons (Fsp3) is 1.00. The van der Waals surface area contributed by atoms with Crippen LogP contribution in [0.25, 0.3) is 0 Å². The number of hydrogen-bond acceptors (Lipinski definition) is 8. The average Bonchev–Trinajstić information content (AvgIpc) is 3.60. The molecule has 1 aliphatic heterocycles. The minimum Gasteiger partial charge on any atom is -0.376 e. The second kappa shape index (κ2) is 15.0. The summed E-state index contributed by atoms with van der Waals surface area (Å²) in [5.74, 6) is 0. The maximum atomic E-state index is 6.55. The summed E-state index contributed by atoms with van der Waals surface area (Å²) in [7, 11) is -3.54. The van der Waals surface area contributed by atoms with Crippen molar-refractivity contribution in [3.05, 3.63) is 0 Å². The van der Waals surface area contributed by atoms with Crippen LogP contribution in [0, 0.1) is 0 Å². The van der Waals surface area contributed by atoms with E-state index in [1.165, 1.54) is 0 Å². The van der Waals surface area contributed by atoms with Crippen molar-refractivity contribution in [1.82, 2.24) is 0 Å². The van der Waals surface area contributed by atoms with Crippen molar-refractivity contribution in [2.75, 3.05) is 52.9 Å². The molecule has 0 aromatic carbocycles. The fourth-order valence-electron chi connectivity index (χ4n) is 4.22. The number of epoxide rings is 1. The Bertz CT molecular complexity index is 468. The highest BCUT2D eigenvalue weighted by molar-refractivity contribution is 6.64. The largest absolute Gasteiger partial charge is 0.567 e. The van der Waals surface area contributed by atoms with Gasteiger partial charge in [0.2, 0.25) is 0 Å². The monoisotopic (exact) mass is 480 g/mol. The third-order valence-electron chi connectivity index (χ3n) is 5.62. The summed E-state index contributed by atoms with van der Waals surface area (Å²) in [6.07, 6.45) is 2.32. The van der Waals surface area contributed by atoms with Crippen molar-refractivity contribution < 1.29 is 37.0 Å². The van der Waals surface area contributed by atoms with Gasteiger partial charge in [0, 0.05) is 39.6 Å². The van der Waals surface area contributed by atoms with E-state index in [1.54, 1.807) is 0 Å². The van der Waals surface area contributed by atoms with Crippen LogP contribution >= 0.6 is 0 Å². The number of hydrogen-bond donors (Lipinski definition) is 0. The number of ether oxygens (including phenoxy) is 5. The molecule has 1 aliphatic rings. The van der Waals surface area contributed by atoms with E-state index in [2.05, 4.69) is 13.8 Å². The van der Waals surface area contributed by atoms with Crippen molar-refractivity contribution in [2.45, 2.75) is 97.9 Å². The molecule has 1 heterocycles. The molecule has 0 spiro atoms. The molecule has 3 atom stereocenters. The second-order valence-corrected chi connectivity index (χ2v) is 10.4. The summed E-state index contributed by atoms with van der Waals surface area (Å²) in [6, 6.07) is 0. The highest BCUT2D eigenvalue weighted by Gasteiger charge is 2.74. The predicted octanol–water partition coefficient (Wildman–Crippen LogP) is 4.11. The first-order chi connectivity index (χ1) is 15.4. The molecule has 192 valence electrons. The van der Waals surface area contributed by atoms with E-state index >= 15 is 0 Å². The van der Waals surface area contributed by atoms with Gasteiger partial charge in [-0.3, -0.25) is 0 Å². The van der Waals surface area contributed by atoms with Crippen molar-refractivity contribution in [3.63, 3.8) is 0 Å². The average molecular weight is 481 g/mol. The lowest BCUT2D eigenvalue weighted by Gasteiger charge is -2.54. The molecule has 8 nitrogen and oxygen atoms in total. The van der Waals surface area contributed by atoms with Crippen LogP contribution in [0.15, 0.2) is 0 Å². The first kappa shape index (κ1) is 29.9. The Labute approximate surface area is 196 Å². The SMILES string of the molecule is CCOC(CC)(CCC(C)OCC1CO1)C(OCC)(OCC)[Si](OCC)(OCC)OCC. The molecule has 0 N–H and O–H groups in total. The molecule has 32 heavy (non-hydrogen) atoms. The zero-order valence-electron chi connectivity index (χ0n) is 21.7. The molecule has 1 saturated heterocycles. The quantitative estimate of drug-likeness (QED) is 0.138. The Hall–Kier alpha value is -0.103. The minimum atomic E-state index is -3.54. The van der Waals surface area contributed by atoms with Crippen molar-refractivity contribution in [1.29, 1.82) is 0 Å². The summed E-state index contributed by atoms with van der Waals surface area (Å²) >= 11 is 0. The molecule has 0 aliphatic carbocycles. The Morgan fingerprint density at radius 2 is 1.31 bits per heavy atom. The molecule has 1 rings (SSSR count). The van der Waals surface area contributed by atoms with Gasteiger partial charge in [0.05, 0.1) is 19.3 Å². The molecular weight excluding hydrogens is 432 g/mol. The van der Waals surface area contributed by atoms with Gasteiger partial charge in [0.15, 0.2) is 0 Å². The molecule has 9 heteroatoms. The van der Waals surface area contributed by atoms with Crippen molar-refractivity contribution in [2.24, 2.45) is 0 Å². The second-order valence-electron chi connectivity index (χ2n) is 7.76. The van der Waals surface area contributed by atoms with E-state index in [0.717, 1.165) is 13.0 Å². The lowest BCUT2D eigenvalue weighted by Crippen LogP contribution is -2.77. The summed E-state index contributed by atoms with van der Waals surface area (Å²) in [5.41, 5.74) is -2.15.